The summed E-state index contributed by atoms with van der Waals surface area (Å²) in [5.41, 5.74) is 10.4. The van der Waals surface area contributed by atoms with Crippen LogP contribution < -0.4 is 22.1 Å². The Kier molecular flexibility index (Phi) is 64.0. The summed E-state index contributed by atoms with van der Waals surface area (Å²) in [4.78, 5) is 0. The molecule has 0 rings (SSSR count). The van der Waals surface area contributed by atoms with Crippen LogP contribution in [-0.4, -0.2) is 39.3 Å². The zero-order chi connectivity index (χ0) is 15.1. The fraction of sp³-hybridized carbons (Fsp3) is 1.00. The maximum atomic E-state index is 5.21. The van der Waals surface area contributed by atoms with Crippen LogP contribution in [0.2, 0.25) is 0 Å². The highest BCUT2D eigenvalue weighted by Crippen LogP contribution is 1.66. The lowest BCUT2D eigenvalue weighted by Crippen LogP contribution is -2.22. The highest BCUT2D eigenvalue weighted by molar-refractivity contribution is 4.43. The van der Waals surface area contributed by atoms with Gasteiger partial charge in [-0.25, -0.2) is 0 Å². The summed E-state index contributed by atoms with van der Waals surface area (Å²) in [6, 6.07) is 0. The van der Waals surface area contributed by atoms with Crippen LogP contribution >= 0.6 is 0 Å². The molecule has 0 radical (unpaired) electrons. The van der Waals surface area contributed by atoms with Crippen molar-refractivity contribution in [3.63, 3.8) is 0 Å². The molecule has 0 fully saturated rings. The van der Waals surface area contributed by atoms with Crippen molar-refractivity contribution in [3.05, 3.63) is 0 Å². The minimum atomic E-state index is 0.750. The van der Waals surface area contributed by atoms with Crippen molar-refractivity contribution in [2.75, 3.05) is 39.3 Å². The molecule has 0 saturated carbocycles. The quantitative estimate of drug-likeness (QED) is 0.505. The zero-order valence-corrected chi connectivity index (χ0v) is 13.8. The number of rotatable bonds is 8. The minimum Gasteiger partial charge on any atom is -0.329 e. The Morgan fingerprint density at radius 1 is 0.611 bits per heavy atom. The molecular formula is C14H40N4. The summed E-state index contributed by atoms with van der Waals surface area (Å²) in [5.74, 6) is 0. The lowest BCUT2D eigenvalue weighted by atomic mass is 10.5. The molecule has 0 saturated heterocycles. The molecule has 0 aromatic carbocycles. The van der Waals surface area contributed by atoms with E-state index in [1.54, 1.807) is 0 Å². The fourth-order valence-corrected chi connectivity index (χ4v) is 0.808. The molecule has 18 heavy (non-hydrogen) atoms. The Morgan fingerprint density at radius 3 is 1.06 bits per heavy atom. The summed E-state index contributed by atoms with van der Waals surface area (Å²) in [6.45, 7) is 17.9. The molecule has 4 heteroatoms. The normalized spacial score (nSPS) is 8.00. The van der Waals surface area contributed by atoms with E-state index in [-0.39, 0.29) is 0 Å². The van der Waals surface area contributed by atoms with E-state index in [4.69, 9.17) is 11.5 Å². The van der Waals surface area contributed by atoms with Crippen LogP contribution in [0.3, 0.4) is 0 Å². The monoisotopic (exact) mass is 264 g/mol. The number of nitrogens with one attached hydrogen (secondary N) is 2. The van der Waals surface area contributed by atoms with E-state index in [1.807, 2.05) is 27.7 Å². The number of hydrogen-bond acceptors (Lipinski definition) is 4. The third kappa shape index (κ3) is 56.8. The second kappa shape index (κ2) is 43.6. The Hall–Kier alpha value is -0.160. The van der Waals surface area contributed by atoms with Gasteiger partial charge < -0.3 is 22.1 Å². The standard InChI is InChI=1S/2C5H14N2.2C2H6/c2*1-2-4-7-5-3-6;2*1-2/h2*7H,2-6H2,1H3;2*1-2H3. The zero-order valence-electron chi connectivity index (χ0n) is 13.8. The van der Waals surface area contributed by atoms with E-state index < -0.39 is 0 Å². The largest absolute Gasteiger partial charge is 0.329 e. The molecule has 0 aromatic heterocycles. The molecular weight excluding hydrogens is 224 g/mol. The van der Waals surface area contributed by atoms with E-state index in [1.165, 1.54) is 12.8 Å². The van der Waals surface area contributed by atoms with Gasteiger partial charge in [0, 0.05) is 26.2 Å². The second-order valence-corrected chi connectivity index (χ2v) is 3.08. The van der Waals surface area contributed by atoms with Gasteiger partial charge in [0.05, 0.1) is 0 Å². The topological polar surface area (TPSA) is 76.1 Å². The van der Waals surface area contributed by atoms with Crippen molar-refractivity contribution < 1.29 is 0 Å². The average molecular weight is 265 g/mol. The van der Waals surface area contributed by atoms with Gasteiger partial charge in [-0.05, 0) is 25.9 Å². The van der Waals surface area contributed by atoms with Crippen molar-refractivity contribution >= 4 is 0 Å². The Bertz CT molecular complexity index is 62.2. The van der Waals surface area contributed by atoms with Gasteiger partial charge in [0.2, 0.25) is 0 Å². The third-order valence-corrected chi connectivity index (χ3v) is 1.50. The Morgan fingerprint density at radius 2 is 0.889 bits per heavy atom. The van der Waals surface area contributed by atoms with E-state index >= 15 is 0 Å². The first-order valence-electron chi connectivity index (χ1n) is 7.64. The fourth-order valence-electron chi connectivity index (χ4n) is 0.808. The molecule has 0 atom stereocenters. The van der Waals surface area contributed by atoms with Crippen molar-refractivity contribution in [3.8, 4) is 0 Å². The third-order valence-electron chi connectivity index (χ3n) is 1.50. The van der Waals surface area contributed by atoms with Gasteiger partial charge in [-0.15, -0.1) is 0 Å². The Balaban J connectivity index is -0.0000000851. The molecule has 6 N–H and O–H groups in total. The molecule has 0 aromatic rings. The maximum absolute atomic E-state index is 5.21. The first-order chi connectivity index (χ1) is 8.83. The molecule has 0 heterocycles. The molecule has 0 unspecified atom stereocenters. The summed E-state index contributed by atoms with van der Waals surface area (Å²) < 4.78 is 0. The molecule has 4 nitrogen and oxygen atoms in total. The van der Waals surface area contributed by atoms with Gasteiger partial charge >= 0.3 is 0 Å². The minimum absolute atomic E-state index is 0.750. The van der Waals surface area contributed by atoms with E-state index in [2.05, 4.69) is 24.5 Å². The average Bonchev–Trinajstić information content (AvgIpc) is 2.45. The van der Waals surface area contributed by atoms with Crippen LogP contribution in [-0.2, 0) is 0 Å². The molecule has 0 aliphatic carbocycles. The van der Waals surface area contributed by atoms with Crippen LogP contribution in [0.25, 0.3) is 0 Å². The van der Waals surface area contributed by atoms with Gasteiger partial charge in [0.1, 0.15) is 0 Å². The van der Waals surface area contributed by atoms with Gasteiger partial charge in [-0.2, -0.15) is 0 Å². The molecule has 0 aliphatic rings. The highest BCUT2D eigenvalue weighted by Gasteiger charge is 1.77. The molecule has 116 valence electrons. The predicted molar refractivity (Wildman–Crippen MR) is 87.1 cm³/mol. The predicted octanol–water partition coefficient (Wildman–Crippen LogP) is 1.94. The first-order valence-corrected chi connectivity index (χ1v) is 7.64. The highest BCUT2D eigenvalue weighted by atomic mass is 14.9. The Labute approximate surface area is 116 Å². The van der Waals surface area contributed by atoms with Crippen molar-refractivity contribution in [2.45, 2.75) is 54.4 Å². The second-order valence-electron chi connectivity index (χ2n) is 3.08. The van der Waals surface area contributed by atoms with Crippen LogP contribution in [0.1, 0.15) is 54.4 Å². The number of hydrogen-bond donors (Lipinski definition) is 4. The summed E-state index contributed by atoms with van der Waals surface area (Å²) >= 11 is 0. The molecule has 0 amide bonds. The molecule has 0 bridgehead atoms. The lowest BCUT2D eigenvalue weighted by Gasteiger charge is -1.95. The van der Waals surface area contributed by atoms with Crippen LogP contribution in [0.5, 0.6) is 0 Å². The van der Waals surface area contributed by atoms with Crippen molar-refractivity contribution in [1.82, 2.24) is 10.6 Å². The van der Waals surface area contributed by atoms with Gasteiger partial charge in [0.25, 0.3) is 0 Å². The van der Waals surface area contributed by atoms with Gasteiger partial charge in [-0.1, -0.05) is 41.5 Å². The first kappa shape index (κ1) is 26.4. The smallest absolute Gasteiger partial charge is 0.00744 e. The SMILES string of the molecule is CC.CC.CCCNCCN.CCCNCCN. The summed E-state index contributed by atoms with van der Waals surface area (Å²) in [5, 5.41) is 6.32. The van der Waals surface area contributed by atoms with E-state index in [9.17, 15) is 0 Å². The molecule has 0 aliphatic heterocycles. The van der Waals surface area contributed by atoms with Crippen LogP contribution in [0.4, 0.5) is 0 Å². The van der Waals surface area contributed by atoms with E-state index in [0.717, 1.165) is 39.3 Å². The molecule has 0 spiro atoms. The number of nitrogens with two attached hydrogens (primary N) is 2. The summed E-state index contributed by atoms with van der Waals surface area (Å²) in [7, 11) is 0. The van der Waals surface area contributed by atoms with Crippen LogP contribution in [0, 0.1) is 0 Å². The lowest BCUT2D eigenvalue weighted by molar-refractivity contribution is 0.678. The summed E-state index contributed by atoms with van der Waals surface area (Å²) in [6.07, 6.45) is 2.39. The maximum Gasteiger partial charge on any atom is 0.00744 e. The van der Waals surface area contributed by atoms with Crippen LogP contribution in [0.15, 0.2) is 0 Å². The van der Waals surface area contributed by atoms with Gasteiger partial charge in [0.15, 0.2) is 0 Å². The van der Waals surface area contributed by atoms with Crippen molar-refractivity contribution in [1.29, 1.82) is 0 Å². The van der Waals surface area contributed by atoms with E-state index in [0.29, 0.717) is 0 Å². The van der Waals surface area contributed by atoms with Crippen molar-refractivity contribution in [2.24, 2.45) is 11.5 Å². The van der Waals surface area contributed by atoms with Gasteiger partial charge in [-0.3, -0.25) is 0 Å².